The first-order chi connectivity index (χ1) is 29.3. The van der Waals surface area contributed by atoms with E-state index < -0.39 is 24.5 Å². The Bertz CT molecular complexity index is 1280. The van der Waals surface area contributed by atoms with Crippen molar-refractivity contribution in [1.29, 1.82) is 0 Å². The van der Waals surface area contributed by atoms with E-state index in [9.17, 15) is 19.2 Å². The number of ether oxygens (including phenoxy) is 1. The molecule has 2 unspecified atom stereocenters. The van der Waals surface area contributed by atoms with Crippen LogP contribution >= 0.6 is 0 Å². The van der Waals surface area contributed by atoms with Gasteiger partial charge < -0.3 is 25.6 Å². The predicted octanol–water partition coefficient (Wildman–Crippen LogP) is 12.0. The van der Waals surface area contributed by atoms with Crippen LogP contribution in [0.3, 0.4) is 0 Å². The van der Waals surface area contributed by atoms with Crippen molar-refractivity contribution in [2.24, 2.45) is 0 Å². The van der Waals surface area contributed by atoms with E-state index in [1.807, 2.05) is 6.08 Å². The number of hydrogen-bond acceptors (Lipinski definition) is 6. The number of esters is 1. The molecule has 0 aromatic carbocycles. The number of carboxylic acids is 1. The molecule has 0 aliphatic carbocycles. The zero-order valence-corrected chi connectivity index (χ0v) is 37.7. The SMILES string of the molecule is CC/C=C\C/C=C\C/C=C\C/C=C\CCCCCCCCCCCCC(=O)OC(/C=C\C/C=C\C/C=C\CC)CCCCCCCCC(=O)NCC(=O)NC(CO)C(=O)O. The Morgan fingerprint density at radius 3 is 1.45 bits per heavy atom. The number of aliphatic hydroxyl groups excluding tert-OH is 1. The van der Waals surface area contributed by atoms with Crippen molar-refractivity contribution in [1.82, 2.24) is 10.6 Å². The second-order valence-corrected chi connectivity index (χ2v) is 15.4. The normalized spacial score (nSPS) is 13.2. The van der Waals surface area contributed by atoms with E-state index in [0.717, 1.165) is 96.3 Å². The Morgan fingerprint density at radius 1 is 0.517 bits per heavy atom. The number of carbonyl (C=O) groups excluding carboxylic acids is 3. The summed E-state index contributed by atoms with van der Waals surface area (Å²) in [7, 11) is 0. The molecule has 4 N–H and O–H groups in total. The maximum Gasteiger partial charge on any atom is 0.328 e. The lowest BCUT2D eigenvalue weighted by Crippen LogP contribution is -2.47. The lowest BCUT2D eigenvalue weighted by molar-refractivity contribution is -0.147. The van der Waals surface area contributed by atoms with Gasteiger partial charge in [-0.3, -0.25) is 14.4 Å². The van der Waals surface area contributed by atoms with Crippen LogP contribution in [-0.4, -0.2) is 59.3 Å². The van der Waals surface area contributed by atoms with E-state index in [1.165, 1.54) is 57.8 Å². The van der Waals surface area contributed by atoms with E-state index in [2.05, 4.69) is 103 Å². The molecule has 0 bridgehead atoms. The highest BCUT2D eigenvalue weighted by Gasteiger charge is 2.18. The number of hydrogen-bond donors (Lipinski definition) is 4. The van der Waals surface area contributed by atoms with Crippen LogP contribution in [0.1, 0.15) is 187 Å². The molecule has 340 valence electrons. The van der Waals surface area contributed by atoms with Gasteiger partial charge in [0.25, 0.3) is 0 Å². The third-order valence-corrected chi connectivity index (χ3v) is 9.87. The van der Waals surface area contributed by atoms with Crippen molar-refractivity contribution < 1.29 is 34.1 Å². The first-order valence-electron chi connectivity index (χ1n) is 23.5. The summed E-state index contributed by atoms with van der Waals surface area (Å²) in [5.74, 6) is -2.37. The van der Waals surface area contributed by atoms with E-state index in [1.54, 1.807) is 0 Å². The molecule has 2 atom stereocenters. The third kappa shape index (κ3) is 40.8. The lowest BCUT2D eigenvalue weighted by Gasteiger charge is -2.15. The quantitative estimate of drug-likeness (QED) is 0.0273. The van der Waals surface area contributed by atoms with Crippen LogP contribution in [0.15, 0.2) is 85.1 Å². The van der Waals surface area contributed by atoms with Crippen LogP contribution in [0.5, 0.6) is 0 Å². The highest BCUT2D eigenvalue weighted by molar-refractivity contribution is 5.87. The summed E-state index contributed by atoms with van der Waals surface area (Å²) < 4.78 is 5.92. The summed E-state index contributed by atoms with van der Waals surface area (Å²) >= 11 is 0. The first-order valence-corrected chi connectivity index (χ1v) is 23.5. The van der Waals surface area contributed by atoms with Crippen molar-refractivity contribution in [3.63, 3.8) is 0 Å². The third-order valence-electron chi connectivity index (χ3n) is 9.87. The zero-order chi connectivity index (χ0) is 44.0. The number of carboxylic acid groups (broad SMARTS) is 1. The minimum atomic E-state index is -1.39. The van der Waals surface area contributed by atoms with Crippen LogP contribution in [0.25, 0.3) is 0 Å². The van der Waals surface area contributed by atoms with Gasteiger partial charge in [0.15, 0.2) is 0 Å². The number of allylic oxidation sites excluding steroid dienone is 13. The monoisotopic (exact) mass is 837 g/mol. The number of unbranched alkanes of at least 4 members (excludes halogenated alkanes) is 15. The molecule has 0 aromatic heterocycles. The van der Waals surface area contributed by atoms with Gasteiger partial charge in [0, 0.05) is 12.8 Å². The molecule has 0 heterocycles. The van der Waals surface area contributed by atoms with E-state index in [4.69, 9.17) is 14.9 Å². The molecule has 9 nitrogen and oxygen atoms in total. The summed E-state index contributed by atoms with van der Waals surface area (Å²) in [5.41, 5.74) is 0. The number of amides is 2. The Hall–Kier alpha value is -3.98. The van der Waals surface area contributed by atoms with Gasteiger partial charge >= 0.3 is 11.9 Å². The molecular weight excluding hydrogens is 753 g/mol. The molecular formula is C51H84N2O7. The van der Waals surface area contributed by atoms with Gasteiger partial charge in [0.1, 0.15) is 12.1 Å². The molecule has 0 fully saturated rings. The molecule has 0 spiro atoms. The van der Waals surface area contributed by atoms with Gasteiger partial charge in [-0.25, -0.2) is 4.79 Å². The molecule has 0 aliphatic rings. The standard InChI is InChI=1S/C51H84N2O7/c1-3-5-7-9-11-13-14-15-16-17-18-19-20-21-22-23-24-25-26-27-29-35-39-43-50(57)60-46(40-36-32-28-12-10-8-6-4-2)41-37-33-30-31-34-38-42-48(55)52-44-49(56)53-47(45-54)51(58)59/h5-8,11-13,15-16,18-19,28,36,40,46-47,54H,3-4,9-10,14,17,20-27,29-35,37-39,41-45H2,1-2H3,(H,52,55)(H,53,56)(H,58,59)/b7-5-,8-6-,13-11-,16-15-,19-18-,28-12-,40-36-. The van der Waals surface area contributed by atoms with Crippen LogP contribution in [0, 0.1) is 0 Å². The summed E-state index contributed by atoms with van der Waals surface area (Å²) in [5, 5.41) is 22.5. The summed E-state index contributed by atoms with van der Waals surface area (Å²) in [6.45, 7) is 3.24. The lowest BCUT2D eigenvalue weighted by atomic mass is 10.0. The number of carbonyl (C=O) groups is 4. The minimum absolute atomic E-state index is 0.110. The summed E-state index contributed by atoms with van der Waals surface area (Å²) in [4.78, 5) is 47.5. The highest BCUT2D eigenvalue weighted by atomic mass is 16.5. The maximum absolute atomic E-state index is 12.8. The fourth-order valence-corrected chi connectivity index (χ4v) is 6.34. The Labute approximate surface area is 365 Å². The molecule has 0 aromatic rings. The fraction of sp³-hybridized carbons (Fsp3) is 0.647. The van der Waals surface area contributed by atoms with Crippen LogP contribution in [0.4, 0.5) is 0 Å². The summed E-state index contributed by atoms with van der Waals surface area (Å²) in [6, 6.07) is -1.39. The van der Waals surface area contributed by atoms with Crippen molar-refractivity contribution in [2.45, 2.75) is 199 Å². The number of nitrogens with one attached hydrogen (secondary N) is 2. The van der Waals surface area contributed by atoms with Gasteiger partial charge in [-0.2, -0.15) is 0 Å². The molecule has 2 amide bonds. The fourth-order valence-electron chi connectivity index (χ4n) is 6.34. The van der Waals surface area contributed by atoms with Crippen LogP contribution in [-0.2, 0) is 23.9 Å². The smallest absolute Gasteiger partial charge is 0.328 e. The zero-order valence-electron chi connectivity index (χ0n) is 37.7. The average Bonchev–Trinajstić information content (AvgIpc) is 3.23. The van der Waals surface area contributed by atoms with E-state index in [0.29, 0.717) is 12.8 Å². The average molecular weight is 837 g/mol. The minimum Gasteiger partial charge on any atom is -0.480 e. The molecule has 0 saturated carbocycles. The Morgan fingerprint density at radius 2 is 0.950 bits per heavy atom. The predicted molar refractivity (Wildman–Crippen MR) is 250 cm³/mol. The molecule has 0 aliphatic heterocycles. The van der Waals surface area contributed by atoms with E-state index in [-0.39, 0.29) is 30.9 Å². The van der Waals surface area contributed by atoms with Gasteiger partial charge in [-0.05, 0) is 89.5 Å². The molecule has 60 heavy (non-hydrogen) atoms. The Kier molecular flexibility index (Phi) is 41.6. The van der Waals surface area contributed by atoms with Gasteiger partial charge in [-0.15, -0.1) is 0 Å². The molecule has 9 heteroatoms. The van der Waals surface area contributed by atoms with Crippen molar-refractivity contribution in [3.8, 4) is 0 Å². The van der Waals surface area contributed by atoms with E-state index >= 15 is 0 Å². The number of aliphatic carboxylic acids is 1. The Balaban J connectivity index is 4.17. The van der Waals surface area contributed by atoms with Crippen LogP contribution < -0.4 is 10.6 Å². The molecule has 0 rings (SSSR count). The van der Waals surface area contributed by atoms with Crippen LogP contribution in [0.2, 0.25) is 0 Å². The molecule has 0 saturated heterocycles. The largest absolute Gasteiger partial charge is 0.480 e. The van der Waals surface area contributed by atoms with Gasteiger partial charge in [0.05, 0.1) is 13.2 Å². The summed E-state index contributed by atoms with van der Waals surface area (Å²) in [6.07, 6.45) is 57.9. The van der Waals surface area contributed by atoms with Crippen molar-refractivity contribution in [2.75, 3.05) is 13.2 Å². The number of rotatable bonds is 41. The van der Waals surface area contributed by atoms with Crippen molar-refractivity contribution >= 4 is 23.8 Å². The maximum atomic E-state index is 12.8. The second kappa shape index (κ2) is 44.6. The van der Waals surface area contributed by atoms with Gasteiger partial charge in [-0.1, -0.05) is 170 Å². The first kappa shape index (κ1) is 56.0. The highest BCUT2D eigenvalue weighted by Crippen LogP contribution is 2.16. The topological polar surface area (TPSA) is 142 Å². The number of aliphatic hydroxyl groups is 1. The molecule has 0 radical (unpaired) electrons. The second-order valence-electron chi connectivity index (χ2n) is 15.4. The van der Waals surface area contributed by atoms with Gasteiger partial charge in [0.2, 0.25) is 11.8 Å². The van der Waals surface area contributed by atoms with Crippen molar-refractivity contribution in [3.05, 3.63) is 85.1 Å².